The lowest BCUT2D eigenvalue weighted by molar-refractivity contribution is -0.153. The molecule has 0 aromatic carbocycles. The van der Waals surface area contributed by atoms with Crippen molar-refractivity contribution in [3.8, 4) is 0 Å². The normalized spacial score (nSPS) is 37.7. The first-order valence-corrected chi connectivity index (χ1v) is 7.49. The van der Waals surface area contributed by atoms with E-state index in [1.165, 1.54) is 12.8 Å². The minimum absolute atomic E-state index is 0.0532. The van der Waals surface area contributed by atoms with Gasteiger partial charge in [0.05, 0.1) is 12.2 Å². The topological polar surface area (TPSA) is 33.3 Å². The summed E-state index contributed by atoms with van der Waals surface area (Å²) in [5, 5.41) is 7.54. The third-order valence-corrected chi connectivity index (χ3v) is 4.68. The van der Waals surface area contributed by atoms with Crippen molar-refractivity contribution < 1.29 is 4.74 Å². The van der Waals surface area contributed by atoms with Crippen molar-refractivity contribution in [3.05, 3.63) is 0 Å². The maximum atomic E-state index is 6.39. The Morgan fingerprint density at radius 1 is 1.00 bits per heavy atom. The van der Waals surface area contributed by atoms with Crippen LogP contribution >= 0.6 is 0 Å². The van der Waals surface area contributed by atoms with E-state index in [0.717, 1.165) is 31.9 Å². The summed E-state index contributed by atoms with van der Waals surface area (Å²) in [6.45, 7) is 11.2. The molecule has 1 unspecified atom stereocenters. The molecule has 3 nitrogen and oxygen atoms in total. The standard InChI is InChI=1S/C15H28N2O/c1-13(2)9-15(10-14(3,4)17-13)12(11-5-6-11)16-7-8-18-15/h11-12,16-17H,5-10H2,1-4H3. The first kappa shape index (κ1) is 12.9. The summed E-state index contributed by atoms with van der Waals surface area (Å²) in [7, 11) is 0. The van der Waals surface area contributed by atoms with Crippen LogP contribution < -0.4 is 10.6 Å². The van der Waals surface area contributed by atoms with Crippen LogP contribution in [0.3, 0.4) is 0 Å². The van der Waals surface area contributed by atoms with Crippen molar-refractivity contribution in [2.45, 2.75) is 76.1 Å². The molecule has 3 heteroatoms. The highest BCUT2D eigenvalue weighted by molar-refractivity contribution is 5.13. The smallest absolute Gasteiger partial charge is 0.0872 e. The van der Waals surface area contributed by atoms with E-state index in [4.69, 9.17) is 4.74 Å². The van der Waals surface area contributed by atoms with Gasteiger partial charge >= 0.3 is 0 Å². The van der Waals surface area contributed by atoms with E-state index in [1.54, 1.807) is 0 Å². The lowest BCUT2D eigenvalue weighted by Gasteiger charge is -2.57. The van der Waals surface area contributed by atoms with E-state index in [9.17, 15) is 0 Å². The highest BCUT2D eigenvalue weighted by Gasteiger charge is 2.56. The van der Waals surface area contributed by atoms with Gasteiger partial charge in [-0.1, -0.05) is 0 Å². The number of hydrogen-bond acceptors (Lipinski definition) is 3. The monoisotopic (exact) mass is 252 g/mol. The number of rotatable bonds is 1. The number of ether oxygens (including phenoxy) is 1. The van der Waals surface area contributed by atoms with Crippen LogP contribution in [-0.2, 0) is 4.74 Å². The van der Waals surface area contributed by atoms with Gasteiger partial charge < -0.3 is 15.4 Å². The SMILES string of the molecule is CC1(C)CC2(CC(C)(C)N1)OCCNC2C1CC1. The molecule has 0 radical (unpaired) electrons. The quantitative estimate of drug-likeness (QED) is 0.749. The fraction of sp³-hybridized carbons (Fsp3) is 1.00. The summed E-state index contributed by atoms with van der Waals surface area (Å²) in [6, 6.07) is 0.576. The molecule has 1 aliphatic carbocycles. The average molecular weight is 252 g/mol. The molecule has 1 spiro atoms. The van der Waals surface area contributed by atoms with E-state index < -0.39 is 0 Å². The minimum Gasteiger partial charge on any atom is -0.372 e. The van der Waals surface area contributed by atoms with Gasteiger partial charge in [-0.3, -0.25) is 0 Å². The Hall–Kier alpha value is -0.120. The van der Waals surface area contributed by atoms with Gasteiger partial charge in [0.15, 0.2) is 0 Å². The molecule has 0 amide bonds. The third-order valence-electron chi connectivity index (χ3n) is 4.68. The predicted molar refractivity (Wildman–Crippen MR) is 73.7 cm³/mol. The number of morpholine rings is 1. The second-order valence-electron chi connectivity index (χ2n) is 7.93. The first-order valence-electron chi connectivity index (χ1n) is 7.49. The van der Waals surface area contributed by atoms with Gasteiger partial charge in [0, 0.05) is 23.7 Å². The second kappa shape index (κ2) is 3.94. The van der Waals surface area contributed by atoms with Gasteiger partial charge in [-0.25, -0.2) is 0 Å². The zero-order valence-electron chi connectivity index (χ0n) is 12.3. The predicted octanol–water partition coefficient (Wildman–Crippen LogP) is 2.06. The number of piperidine rings is 1. The summed E-state index contributed by atoms with van der Waals surface area (Å²) < 4.78 is 6.39. The molecule has 0 aromatic heterocycles. The summed E-state index contributed by atoms with van der Waals surface area (Å²) in [4.78, 5) is 0. The molecule has 1 atom stereocenters. The van der Waals surface area contributed by atoms with Crippen LogP contribution in [0.25, 0.3) is 0 Å². The van der Waals surface area contributed by atoms with Crippen LogP contribution in [0.1, 0.15) is 53.4 Å². The Morgan fingerprint density at radius 2 is 1.61 bits per heavy atom. The third kappa shape index (κ3) is 2.33. The zero-order chi connectivity index (χ0) is 13.0. The lowest BCUT2D eigenvalue weighted by Crippen LogP contribution is -2.71. The molecule has 3 aliphatic rings. The molecular formula is C15H28N2O. The molecule has 3 rings (SSSR count). The summed E-state index contributed by atoms with van der Waals surface area (Å²) in [5.74, 6) is 0.856. The molecule has 2 heterocycles. The van der Waals surface area contributed by atoms with Crippen molar-refractivity contribution in [2.24, 2.45) is 5.92 Å². The summed E-state index contributed by atoms with van der Waals surface area (Å²) >= 11 is 0. The Kier molecular flexibility index (Phi) is 2.82. The van der Waals surface area contributed by atoms with E-state index in [-0.39, 0.29) is 16.7 Å². The zero-order valence-corrected chi connectivity index (χ0v) is 12.3. The van der Waals surface area contributed by atoms with E-state index in [1.807, 2.05) is 0 Å². The van der Waals surface area contributed by atoms with Crippen LogP contribution in [0.4, 0.5) is 0 Å². The highest BCUT2D eigenvalue weighted by atomic mass is 16.5. The van der Waals surface area contributed by atoms with E-state index in [2.05, 4.69) is 38.3 Å². The van der Waals surface area contributed by atoms with Crippen molar-refractivity contribution in [3.63, 3.8) is 0 Å². The van der Waals surface area contributed by atoms with Gasteiger partial charge in [-0.15, -0.1) is 0 Å². The van der Waals surface area contributed by atoms with Crippen LogP contribution in [0.5, 0.6) is 0 Å². The van der Waals surface area contributed by atoms with Crippen molar-refractivity contribution in [1.82, 2.24) is 10.6 Å². The molecule has 0 bridgehead atoms. The number of hydrogen-bond donors (Lipinski definition) is 2. The van der Waals surface area contributed by atoms with Crippen LogP contribution in [0, 0.1) is 5.92 Å². The van der Waals surface area contributed by atoms with Gasteiger partial charge in [0.1, 0.15) is 0 Å². The lowest BCUT2D eigenvalue weighted by atomic mass is 9.68. The van der Waals surface area contributed by atoms with Crippen molar-refractivity contribution in [2.75, 3.05) is 13.2 Å². The summed E-state index contributed by atoms with van der Waals surface area (Å²) in [6.07, 6.45) is 5.02. The fourth-order valence-electron chi connectivity index (χ4n) is 4.66. The number of nitrogens with one attached hydrogen (secondary N) is 2. The van der Waals surface area contributed by atoms with Crippen LogP contribution in [0.2, 0.25) is 0 Å². The Labute approximate surface area is 111 Å². The molecular weight excluding hydrogens is 224 g/mol. The molecule has 2 aliphatic heterocycles. The first-order chi connectivity index (χ1) is 8.32. The second-order valence-corrected chi connectivity index (χ2v) is 7.93. The van der Waals surface area contributed by atoms with Gasteiger partial charge in [0.2, 0.25) is 0 Å². The Bertz CT molecular complexity index is 317. The molecule has 2 saturated heterocycles. The molecule has 104 valence electrons. The van der Waals surface area contributed by atoms with Gasteiger partial charge in [-0.05, 0) is 59.3 Å². The summed E-state index contributed by atoms with van der Waals surface area (Å²) in [5.41, 5.74) is 0.374. The fourth-order valence-corrected chi connectivity index (χ4v) is 4.66. The van der Waals surface area contributed by atoms with Crippen molar-refractivity contribution >= 4 is 0 Å². The van der Waals surface area contributed by atoms with E-state index >= 15 is 0 Å². The maximum Gasteiger partial charge on any atom is 0.0872 e. The molecule has 0 aromatic rings. The largest absolute Gasteiger partial charge is 0.372 e. The average Bonchev–Trinajstić information content (AvgIpc) is 2.95. The van der Waals surface area contributed by atoms with Gasteiger partial charge in [-0.2, -0.15) is 0 Å². The molecule has 3 fully saturated rings. The molecule has 18 heavy (non-hydrogen) atoms. The highest BCUT2D eigenvalue weighted by Crippen LogP contribution is 2.48. The minimum atomic E-state index is 0.0532. The van der Waals surface area contributed by atoms with Gasteiger partial charge in [0.25, 0.3) is 0 Å². The molecule has 2 N–H and O–H groups in total. The van der Waals surface area contributed by atoms with Crippen molar-refractivity contribution in [1.29, 1.82) is 0 Å². The maximum absolute atomic E-state index is 6.39. The Morgan fingerprint density at radius 3 is 2.17 bits per heavy atom. The molecule has 1 saturated carbocycles. The van der Waals surface area contributed by atoms with Crippen LogP contribution in [-0.4, -0.2) is 35.9 Å². The Balaban J connectivity index is 1.90. The van der Waals surface area contributed by atoms with E-state index in [0.29, 0.717) is 6.04 Å². The van der Waals surface area contributed by atoms with Crippen LogP contribution in [0.15, 0.2) is 0 Å².